The maximum atomic E-state index is 12.1. The van der Waals surface area contributed by atoms with Crippen LogP contribution in [-0.4, -0.2) is 17.1 Å². The number of aromatic nitrogens is 1. The molecule has 0 bridgehead atoms. The van der Waals surface area contributed by atoms with Gasteiger partial charge in [0.25, 0.3) is 0 Å². The van der Waals surface area contributed by atoms with Crippen molar-refractivity contribution >= 4 is 23.0 Å². The summed E-state index contributed by atoms with van der Waals surface area (Å²) in [4.78, 5) is 18.7. The first-order valence-corrected chi connectivity index (χ1v) is 10.1. The number of ether oxygens (including phenoxy) is 1. The van der Waals surface area contributed by atoms with E-state index in [1.807, 2.05) is 56.7 Å². The molecule has 0 aliphatic rings. The fourth-order valence-corrected chi connectivity index (χ4v) is 3.15. The Morgan fingerprint density at radius 2 is 1.93 bits per heavy atom. The summed E-state index contributed by atoms with van der Waals surface area (Å²) in [5.74, 6) is 0.440. The van der Waals surface area contributed by atoms with E-state index in [-0.39, 0.29) is 66.7 Å². The summed E-state index contributed by atoms with van der Waals surface area (Å²) in [6.45, 7) is 10.8. The van der Waals surface area contributed by atoms with Gasteiger partial charge in [-0.3, -0.25) is 4.79 Å². The van der Waals surface area contributed by atoms with Crippen LogP contribution in [0.4, 0.5) is 5.69 Å². The molecule has 166 valence electrons. The second-order valence-electron chi connectivity index (χ2n) is 6.29. The van der Waals surface area contributed by atoms with E-state index in [9.17, 15) is 4.79 Å². The van der Waals surface area contributed by atoms with Crippen molar-refractivity contribution in [1.82, 2.24) is 4.57 Å². The Bertz CT molecular complexity index is 751. The van der Waals surface area contributed by atoms with Gasteiger partial charge >= 0.3 is 5.97 Å². The molecule has 28 heavy (non-hydrogen) atoms. The van der Waals surface area contributed by atoms with Gasteiger partial charge in [-0.05, 0) is 44.4 Å². The van der Waals surface area contributed by atoms with Crippen LogP contribution in [-0.2, 0) is 23.0 Å². The summed E-state index contributed by atoms with van der Waals surface area (Å²) in [7, 11) is 1.92. The fraction of sp³-hybridized carbons (Fsp3) is 0.545. The molecule has 0 saturated heterocycles. The van der Waals surface area contributed by atoms with Crippen LogP contribution >= 0.6 is 11.3 Å². The minimum Gasteiger partial charge on any atom is -0.490 e. The summed E-state index contributed by atoms with van der Waals surface area (Å²) in [5.41, 5.74) is 1.69. The first-order valence-electron chi connectivity index (χ1n) is 9.29. The number of para-hydroxylation sites is 1. The molecular formula is C22H35N2O2SYb-. The van der Waals surface area contributed by atoms with Crippen molar-refractivity contribution in [3.8, 4) is 0 Å². The molecule has 0 saturated carbocycles. The van der Waals surface area contributed by atoms with Crippen molar-refractivity contribution in [3.63, 3.8) is 0 Å². The molecule has 1 aromatic heterocycles. The van der Waals surface area contributed by atoms with Crippen molar-refractivity contribution in [2.75, 3.05) is 6.61 Å². The number of benzene rings is 1. The Balaban J connectivity index is 0. The molecule has 2 aromatic rings. The monoisotopic (exact) mass is 565 g/mol. The average Bonchev–Trinajstić information content (AvgIpc) is 2.92. The zero-order valence-corrected chi connectivity index (χ0v) is 19.6. The second kappa shape index (κ2) is 16.4. The molecule has 1 heterocycles. The Labute approximate surface area is 213 Å². The van der Waals surface area contributed by atoms with E-state index in [2.05, 4.69) is 25.0 Å². The van der Waals surface area contributed by atoms with Crippen molar-refractivity contribution in [2.24, 2.45) is 18.0 Å². The van der Waals surface area contributed by atoms with Gasteiger partial charge in [0.1, 0.15) is 0 Å². The molecule has 0 amide bonds. The van der Waals surface area contributed by atoms with Gasteiger partial charge in [-0.25, -0.2) is 11.3 Å². The van der Waals surface area contributed by atoms with Gasteiger partial charge in [0.05, 0.1) is 13.0 Å². The largest absolute Gasteiger partial charge is 0.490 e. The van der Waals surface area contributed by atoms with Crippen molar-refractivity contribution in [1.29, 1.82) is 0 Å². The molecule has 1 aromatic carbocycles. The predicted octanol–water partition coefficient (Wildman–Crippen LogP) is 5.61. The number of thiazole rings is 1. The molecule has 6 heteroatoms. The smallest absolute Gasteiger partial charge is 0.310 e. The zero-order chi connectivity index (χ0) is 19.5. The van der Waals surface area contributed by atoms with E-state index in [1.54, 1.807) is 11.3 Å². The number of carbonyl (C=O) groups is 1. The third kappa shape index (κ3) is 11.0. The Kier molecular flexibility index (Phi) is 17.5. The number of nitrogens with zero attached hydrogens (tertiary/aromatic N) is 2. The summed E-state index contributed by atoms with van der Waals surface area (Å²) >= 11 is 1.58. The predicted molar refractivity (Wildman–Crippen MR) is 115 cm³/mol. The maximum absolute atomic E-state index is 12.1. The average molecular weight is 565 g/mol. The Morgan fingerprint density at radius 3 is 2.50 bits per heavy atom. The summed E-state index contributed by atoms with van der Waals surface area (Å²) in [6.07, 6.45) is 5.42. The van der Waals surface area contributed by atoms with Gasteiger partial charge < -0.3 is 14.3 Å². The number of carbonyl (C=O) groups excluding carboxylic acids is 1. The van der Waals surface area contributed by atoms with Gasteiger partial charge in [0.2, 0.25) is 0 Å². The standard InChI is InChI=1S/C19H25N2O2S.C2H6.CH4.Yb/c1-14(2)8-7-11-23-18(22)12-16-9-5-6-10-17(16)20-19-21(4)13-15(3)24-19;1-2;;/h5-6,9-10,14H,7-8,11-12H2,1-4H3;1-2H3;1H4;/q-1;;;. The molecule has 0 unspecified atom stereocenters. The van der Waals surface area contributed by atoms with Gasteiger partial charge in [-0.2, -0.15) is 6.20 Å². The van der Waals surface area contributed by atoms with Crippen LogP contribution in [0.5, 0.6) is 0 Å². The molecule has 0 radical (unpaired) electrons. The van der Waals surface area contributed by atoms with Crippen LogP contribution in [0.25, 0.3) is 0 Å². The zero-order valence-electron chi connectivity index (χ0n) is 17.1. The van der Waals surface area contributed by atoms with E-state index < -0.39 is 0 Å². The van der Waals surface area contributed by atoms with E-state index >= 15 is 0 Å². The molecular weight excluding hydrogens is 529 g/mol. The van der Waals surface area contributed by atoms with Crippen LogP contribution in [0.3, 0.4) is 0 Å². The minimum atomic E-state index is -0.195. The van der Waals surface area contributed by atoms with E-state index in [0.29, 0.717) is 12.5 Å². The molecule has 2 rings (SSSR count). The normalized spacial score (nSPS) is 10.5. The number of rotatable bonds is 7. The quantitative estimate of drug-likeness (QED) is 0.249. The summed E-state index contributed by atoms with van der Waals surface area (Å²) in [6, 6.07) is 7.71. The van der Waals surface area contributed by atoms with Crippen LogP contribution in [0.15, 0.2) is 29.3 Å². The molecule has 0 aliphatic heterocycles. The topological polar surface area (TPSA) is 43.6 Å². The molecule has 0 spiro atoms. The Hall–Kier alpha value is -0.361. The molecule has 0 fully saturated rings. The van der Waals surface area contributed by atoms with Crippen LogP contribution in [0, 0.1) is 66.0 Å². The van der Waals surface area contributed by atoms with Gasteiger partial charge in [0, 0.05) is 57.4 Å². The number of hydrogen-bond acceptors (Lipinski definition) is 4. The number of esters is 1. The molecule has 4 nitrogen and oxygen atoms in total. The second-order valence-corrected chi connectivity index (χ2v) is 7.47. The maximum Gasteiger partial charge on any atom is 0.310 e. The van der Waals surface area contributed by atoms with Crippen LogP contribution in [0.1, 0.15) is 58.4 Å². The van der Waals surface area contributed by atoms with Gasteiger partial charge in [0.15, 0.2) is 0 Å². The Morgan fingerprint density at radius 1 is 1.29 bits per heavy atom. The van der Waals surface area contributed by atoms with Crippen molar-refractivity contribution in [2.45, 2.75) is 61.3 Å². The van der Waals surface area contributed by atoms with E-state index in [1.165, 1.54) is 0 Å². The van der Waals surface area contributed by atoms with E-state index in [4.69, 9.17) is 4.74 Å². The van der Waals surface area contributed by atoms with Crippen molar-refractivity contribution < 1.29 is 56.5 Å². The number of aryl methyl sites for hydroxylation is 2. The fourth-order valence-electron chi connectivity index (χ4n) is 2.37. The van der Waals surface area contributed by atoms with Gasteiger partial charge in [-0.1, -0.05) is 58.2 Å². The first-order chi connectivity index (χ1) is 12.5. The van der Waals surface area contributed by atoms with Crippen molar-refractivity contribution in [3.05, 3.63) is 45.7 Å². The summed E-state index contributed by atoms with van der Waals surface area (Å²) in [5, 5.41) is 0. The van der Waals surface area contributed by atoms with Crippen LogP contribution < -0.4 is 4.80 Å². The van der Waals surface area contributed by atoms with Gasteiger partial charge in [-0.15, -0.1) is 0 Å². The van der Waals surface area contributed by atoms with E-state index in [0.717, 1.165) is 33.8 Å². The summed E-state index contributed by atoms with van der Waals surface area (Å²) < 4.78 is 7.22. The minimum absolute atomic E-state index is 0. The first kappa shape index (κ1) is 29.8. The third-order valence-corrected chi connectivity index (χ3v) is 4.53. The molecule has 0 aliphatic carbocycles. The van der Waals surface area contributed by atoms with Crippen LogP contribution in [0.2, 0.25) is 0 Å². The number of hydrogen-bond donors (Lipinski definition) is 0. The molecule has 0 atom stereocenters. The SMILES string of the molecule is C.CC.Cc1[c-]n(C)c(=Nc2ccccc2CC(=O)OCCCC(C)C)s1.[Yb]. The third-order valence-electron chi connectivity index (χ3n) is 3.59. The molecule has 0 N–H and O–H groups in total.